The molecular weight excluding hydrogens is 413 g/mol. The van der Waals surface area contributed by atoms with Gasteiger partial charge in [0.05, 0.1) is 0 Å². The van der Waals surface area contributed by atoms with Crippen molar-refractivity contribution in [2.45, 2.75) is 46.3 Å². The highest BCUT2D eigenvalue weighted by Crippen LogP contribution is 2.09. The molecule has 2 N–H and O–H groups in total. The van der Waals surface area contributed by atoms with E-state index in [4.69, 9.17) is 0 Å². The summed E-state index contributed by atoms with van der Waals surface area (Å²) in [7, 11) is 1.79. The van der Waals surface area contributed by atoms with E-state index >= 15 is 0 Å². The number of nitrogens with zero attached hydrogens (tertiary/aromatic N) is 3. The first kappa shape index (κ1) is 20.5. The van der Waals surface area contributed by atoms with Crippen LogP contribution in [0.4, 0.5) is 0 Å². The van der Waals surface area contributed by atoms with E-state index in [0.717, 1.165) is 24.9 Å². The van der Waals surface area contributed by atoms with Crippen molar-refractivity contribution in [3.05, 3.63) is 53.6 Å². The zero-order valence-electron chi connectivity index (χ0n) is 15.1. The summed E-state index contributed by atoms with van der Waals surface area (Å²) >= 11 is 0. The van der Waals surface area contributed by atoms with Crippen LogP contribution in [0.1, 0.15) is 37.7 Å². The average molecular weight is 441 g/mol. The van der Waals surface area contributed by atoms with Crippen molar-refractivity contribution >= 4 is 29.9 Å². The topological polar surface area (TPSA) is 54.2 Å². The molecule has 0 bridgehead atoms. The largest absolute Gasteiger partial charge is 0.352 e. The fraction of sp³-hybridized carbons (Fsp3) is 0.444. The second-order valence-corrected chi connectivity index (χ2v) is 6.72. The van der Waals surface area contributed by atoms with Crippen LogP contribution < -0.4 is 10.6 Å². The summed E-state index contributed by atoms with van der Waals surface area (Å²) in [4.78, 5) is 8.53. The maximum atomic E-state index is 4.27. The normalized spacial score (nSPS) is 11.8. The summed E-state index contributed by atoms with van der Waals surface area (Å²) in [5.74, 6) is 1.84. The third-order valence-electron chi connectivity index (χ3n) is 3.44. The van der Waals surface area contributed by atoms with E-state index in [2.05, 4.69) is 70.2 Å². The summed E-state index contributed by atoms with van der Waals surface area (Å²) in [5, 5.41) is 6.72. The molecule has 0 unspecified atom stereocenters. The minimum absolute atomic E-state index is 0. The lowest BCUT2D eigenvalue weighted by molar-refractivity contribution is 0.501. The molecule has 0 aliphatic heterocycles. The van der Waals surface area contributed by atoms with Crippen molar-refractivity contribution < 1.29 is 0 Å². The van der Waals surface area contributed by atoms with Crippen LogP contribution in [-0.4, -0.2) is 28.1 Å². The van der Waals surface area contributed by atoms with Crippen LogP contribution in [0.3, 0.4) is 0 Å². The van der Waals surface area contributed by atoms with Crippen LogP contribution >= 0.6 is 24.0 Å². The Bertz CT molecular complexity index is 670. The minimum atomic E-state index is -0.0113. The maximum absolute atomic E-state index is 4.27. The molecule has 132 valence electrons. The van der Waals surface area contributed by atoms with E-state index in [1.165, 1.54) is 11.1 Å². The van der Waals surface area contributed by atoms with Crippen molar-refractivity contribution in [3.63, 3.8) is 0 Å². The van der Waals surface area contributed by atoms with Gasteiger partial charge in [-0.25, -0.2) is 4.98 Å². The van der Waals surface area contributed by atoms with Gasteiger partial charge in [0.1, 0.15) is 5.82 Å². The van der Waals surface area contributed by atoms with Crippen molar-refractivity contribution in [2.24, 2.45) is 4.99 Å². The fourth-order valence-electron chi connectivity index (χ4n) is 2.33. The zero-order valence-corrected chi connectivity index (χ0v) is 17.5. The molecule has 0 aliphatic rings. The molecule has 24 heavy (non-hydrogen) atoms. The molecule has 0 saturated heterocycles. The summed E-state index contributed by atoms with van der Waals surface area (Å²) < 4.78 is 2.15. The van der Waals surface area contributed by atoms with Gasteiger partial charge in [0.25, 0.3) is 0 Å². The van der Waals surface area contributed by atoms with E-state index in [-0.39, 0.29) is 29.5 Å². The first-order valence-electron chi connectivity index (χ1n) is 7.92. The number of aryl methyl sites for hydroxylation is 1. The number of hydrogen-bond acceptors (Lipinski definition) is 2. The van der Waals surface area contributed by atoms with Gasteiger partial charge in [-0.15, -0.1) is 24.0 Å². The van der Waals surface area contributed by atoms with E-state index in [9.17, 15) is 0 Å². The number of halogens is 1. The number of imidazole rings is 1. The van der Waals surface area contributed by atoms with Crippen molar-refractivity contribution in [1.29, 1.82) is 0 Å². The van der Waals surface area contributed by atoms with Crippen LogP contribution in [0.25, 0.3) is 0 Å². The minimum Gasteiger partial charge on any atom is -0.352 e. The third kappa shape index (κ3) is 6.51. The molecule has 0 amide bonds. The van der Waals surface area contributed by atoms with E-state index < -0.39 is 0 Å². The molecule has 2 aromatic rings. The van der Waals surface area contributed by atoms with Crippen LogP contribution in [0.15, 0.2) is 41.7 Å². The van der Waals surface area contributed by atoms with Gasteiger partial charge < -0.3 is 15.2 Å². The number of aliphatic imine (C=N–C) groups is 1. The first-order chi connectivity index (χ1) is 10.9. The molecule has 6 heteroatoms. The molecule has 2 rings (SSSR count). The lowest BCUT2D eigenvalue weighted by Gasteiger charge is -2.23. The SMILES string of the molecule is CN=C(NCc1cccc(Cn2ccnc2C)c1)NC(C)(C)C.I. The maximum Gasteiger partial charge on any atom is 0.191 e. The number of benzene rings is 1. The van der Waals surface area contributed by atoms with Gasteiger partial charge in [-0.1, -0.05) is 24.3 Å². The summed E-state index contributed by atoms with van der Waals surface area (Å²) in [5.41, 5.74) is 2.49. The van der Waals surface area contributed by atoms with Crippen molar-refractivity contribution in [3.8, 4) is 0 Å². The quantitative estimate of drug-likeness (QED) is 0.435. The average Bonchev–Trinajstić information content (AvgIpc) is 2.88. The van der Waals surface area contributed by atoms with Crippen LogP contribution in [0.2, 0.25) is 0 Å². The van der Waals surface area contributed by atoms with Gasteiger partial charge in [-0.05, 0) is 38.8 Å². The van der Waals surface area contributed by atoms with Crippen molar-refractivity contribution in [2.75, 3.05) is 7.05 Å². The molecular formula is C18H28IN5. The van der Waals surface area contributed by atoms with Crippen LogP contribution in [0.5, 0.6) is 0 Å². The molecule has 0 fully saturated rings. The van der Waals surface area contributed by atoms with E-state index in [0.29, 0.717) is 0 Å². The van der Waals surface area contributed by atoms with E-state index in [1.807, 2.05) is 19.3 Å². The van der Waals surface area contributed by atoms with Gasteiger partial charge >= 0.3 is 0 Å². The summed E-state index contributed by atoms with van der Waals surface area (Å²) in [6, 6.07) is 8.59. The molecule has 0 saturated carbocycles. The van der Waals surface area contributed by atoms with Crippen LogP contribution in [-0.2, 0) is 13.1 Å². The Balaban J connectivity index is 0.00000288. The molecule has 1 aromatic carbocycles. The summed E-state index contributed by atoms with van der Waals surface area (Å²) in [6.07, 6.45) is 3.85. The Labute approximate surface area is 162 Å². The molecule has 0 spiro atoms. The van der Waals surface area contributed by atoms with Gasteiger partial charge in [0, 0.05) is 38.1 Å². The smallest absolute Gasteiger partial charge is 0.191 e. The highest BCUT2D eigenvalue weighted by molar-refractivity contribution is 14.0. The predicted octanol–water partition coefficient (Wildman–Crippen LogP) is 3.32. The summed E-state index contributed by atoms with van der Waals surface area (Å²) in [6.45, 7) is 9.96. The number of aromatic nitrogens is 2. The fourth-order valence-corrected chi connectivity index (χ4v) is 2.33. The van der Waals surface area contributed by atoms with E-state index in [1.54, 1.807) is 7.05 Å². The van der Waals surface area contributed by atoms with Gasteiger partial charge in [-0.3, -0.25) is 4.99 Å². The lowest BCUT2D eigenvalue weighted by atomic mass is 10.1. The first-order valence-corrected chi connectivity index (χ1v) is 7.92. The monoisotopic (exact) mass is 441 g/mol. The van der Waals surface area contributed by atoms with Gasteiger partial charge in [-0.2, -0.15) is 0 Å². The highest BCUT2D eigenvalue weighted by atomic mass is 127. The number of guanidine groups is 1. The Hall–Kier alpha value is -1.57. The molecule has 0 atom stereocenters. The number of nitrogens with one attached hydrogen (secondary N) is 2. The Morgan fingerprint density at radius 1 is 1.25 bits per heavy atom. The lowest BCUT2D eigenvalue weighted by Crippen LogP contribution is -2.47. The standard InChI is InChI=1S/C18H27N5.HI/c1-14-20-9-10-23(14)13-16-8-6-7-15(11-16)12-21-17(19-5)22-18(2,3)4;/h6-11H,12-13H2,1-5H3,(H2,19,21,22);1H. The zero-order chi connectivity index (χ0) is 16.9. The second-order valence-electron chi connectivity index (χ2n) is 6.72. The number of hydrogen-bond donors (Lipinski definition) is 2. The Morgan fingerprint density at radius 3 is 2.54 bits per heavy atom. The van der Waals surface area contributed by atoms with Crippen molar-refractivity contribution in [1.82, 2.24) is 20.2 Å². The van der Waals surface area contributed by atoms with Crippen LogP contribution in [0, 0.1) is 6.92 Å². The van der Waals surface area contributed by atoms with Gasteiger partial charge in [0.15, 0.2) is 5.96 Å². The second kappa shape index (κ2) is 9.05. The number of rotatable bonds is 4. The highest BCUT2D eigenvalue weighted by Gasteiger charge is 2.11. The third-order valence-corrected chi connectivity index (χ3v) is 3.44. The predicted molar refractivity (Wildman–Crippen MR) is 111 cm³/mol. The van der Waals surface area contributed by atoms with Gasteiger partial charge in [0.2, 0.25) is 0 Å². The molecule has 1 aromatic heterocycles. The molecule has 0 radical (unpaired) electrons. The molecule has 0 aliphatic carbocycles. The Kier molecular flexibility index (Phi) is 7.72. The molecule has 5 nitrogen and oxygen atoms in total. The molecule has 1 heterocycles. The Morgan fingerprint density at radius 2 is 1.96 bits per heavy atom.